The average molecular weight is 249 g/mol. The number of hydrogen-bond acceptors (Lipinski definition) is 3. The van der Waals surface area contributed by atoms with Gasteiger partial charge in [0.15, 0.2) is 0 Å². The maximum Gasteiger partial charge on any atom is 0.251 e. The van der Waals surface area contributed by atoms with Crippen LogP contribution in [-0.4, -0.2) is 23.5 Å². The van der Waals surface area contributed by atoms with Crippen LogP contribution in [0.3, 0.4) is 0 Å². The van der Waals surface area contributed by atoms with Crippen molar-refractivity contribution in [2.45, 2.75) is 46.6 Å². The molecule has 0 aliphatic carbocycles. The van der Waals surface area contributed by atoms with Gasteiger partial charge in [-0.2, -0.15) is 0 Å². The second-order valence-corrected chi connectivity index (χ2v) is 4.40. The summed E-state index contributed by atoms with van der Waals surface area (Å²) in [4.78, 5) is 16.4. The number of hydrogen-bond donors (Lipinski definition) is 2. The molecule has 100 valence electrons. The van der Waals surface area contributed by atoms with Gasteiger partial charge in [-0.3, -0.25) is 4.79 Å². The molecule has 0 bridgehead atoms. The summed E-state index contributed by atoms with van der Waals surface area (Å²) in [5.41, 5.74) is 1.52. The van der Waals surface area contributed by atoms with Gasteiger partial charge < -0.3 is 10.6 Å². The molecule has 0 spiro atoms. The van der Waals surface area contributed by atoms with Crippen LogP contribution in [0.15, 0.2) is 12.1 Å². The molecule has 2 N–H and O–H groups in total. The molecule has 0 radical (unpaired) electrons. The van der Waals surface area contributed by atoms with Crippen LogP contribution in [0.1, 0.15) is 49.7 Å². The first-order valence-corrected chi connectivity index (χ1v) is 6.64. The third-order valence-corrected chi connectivity index (χ3v) is 2.89. The zero-order valence-electron chi connectivity index (χ0n) is 11.7. The topological polar surface area (TPSA) is 54.0 Å². The summed E-state index contributed by atoms with van der Waals surface area (Å²) in [5, 5.41) is 6.17. The summed E-state index contributed by atoms with van der Waals surface area (Å²) >= 11 is 0. The standard InChI is InChI=1S/C14H23N3O/c1-5-12(6-2)17-14(18)11-8-10(4)16-13(9-11)15-7-3/h8-9,12H,5-7H2,1-4H3,(H,15,16)(H,17,18). The quantitative estimate of drug-likeness (QED) is 0.815. The Hall–Kier alpha value is -1.58. The largest absolute Gasteiger partial charge is 0.370 e. The van der Waals surface area contributed by atoms with Gasteiger partial charge in [0.05, 0.1) is 0 Å². The van der Waals surface area contributed by atoms with Crippen LogP contribution in [0.25, 0.3) is 0 Å². The van der Waals surface area contributed by atoms with Crippen LogP contribution in [0.5, 0.6) is 0 Å². The summed E-state index contributed by atoms with van der Waals surface area (Å²) < 4.78 is 0. The molecule has 0 aliphatic rings. The van der Waals surface area contributed by atoms with E-state index < -0.39 is 0 Å². The van der Waals surface area contributed by atoms with E-state index in [0.717, 1.165) is 30.9 Å². The Morgan fingerprint density at radius 1 is 1.28 bits per heavy atom. The predicted octanol–water partition coefficient (Wildman–Crippen LogP) is 2.74. The van der Waals surface area contributed by atoms with E-state index >= 15 is 0 Å². The number of aromatic nitrogens is 1. The first-order valence-electron chi connectivity index (χ1n) is 6.64. The number of carbonyl (C=O) groups is 1. The molecule has 0 saturated heterocycles. The molecule has 0 aliphatic heterocycles. The van der Waals surface area contributed by atoms with Crippen molar-refractivity contribution < 1.29 is 4.79 Å². The van der Waals surface area contributed by atoms with Gasteiger partial charge in [0.1, 0.15) is 5.82 Å². The Kier molecular flexibility index (Phi) is 5.62. The molecular weight excluding hydrogens is 226 g/mol. The Balaban J connectivity index is 2.84. The monoisotopic (exact) mass is 249 g/mol. The van der Waals surface area contributed by atoms with Crippen molar-refractivity contribution in [3.8, 4) is 0 Å². The van der Waals surface area contributed by atoms with Crippen molar-refractivity contribution in [3.05, 3.63) is 23.4 Å². The smallest absolute Gasteiger partial charge is 0.251 e. The summed E-state index contributed by atoms with van der Waals surface area (Å²) in [6.45, 7) is 8.86. The number of rotatable bonds is 6. The minimum absolute atomic E-state index is 0.0200. The van der Waals surface area contributed by atoms with E-state index in [4.69, 9.17) is 0 Å². The number of pyridine rings is 1. The van der Waals surface area contributed by atoms with E-state index in [1.165, 1.54) is 0 Å². The third kappa shape index (κ3) is 4.02. The highest BCUT2D eigenvalue weighted by Crippen LogP contribution is 2.11. The highest BCUT2D eigenvalue weighted by atomic mass is 16.1. The van der Waals surface area contributed by atoms with E-state index in [0.29, 0.717) is 5.56 Å². The molecule has 4 heteroatoms. The fourth-order valence-corrected chi connectivity index (χ4v) is 1.83. The molecule has 18 heavy (non-hydrogen) atoms. The third-order valence-electron chi connectivity index (χ3n) is 2.89. The maximum atomic E-state index is 12.1. The van der Waals surface area contributed by atoms with E-state index in [1.807, 2.05) is 19.9 Å². The number of carbonyl (C=O) groups excluding carboxylic acids is 1. The Bertz CT molecular complexity index is 400. The second kappa shape index (κ2) is 6.99. The van der Waals surface area contributed by atoms with Crippen LogP contribution in [0, 0.1) is 6.92 Å². The van der Waals surface area contributed by atoms with E-state index in [9.17, 15) is 4.79 Å². The van der Waals surface area contributed by atoms with Crippen LogP contribution in [-0.2, 0) is 0 Å². The zero-order valence-corrected chi connectivity index (χ0v) is 11.7. The lowest BCUT2D eigenvalue weighted by molar-refractivity contribution is 0.0934. The first kappa shape index (κ1) is 14.5. The number of aryl methyl sites for hydroxylation is 1. The van der Waals surface area contributed by atoms with Crippen molar-refractivity contribution in [1.29, 1.82) is 0 Å². The van der Waals surface area contributed by atoms with Crippen molar-refractivity contribution in [2.24, 2.45) is 0 Å². The van der Waals surface area contributed by atoms with Crippen molar-refractivity contribution in [1.82, 2.24) is 10.3 Å². The van der Waals surface area contributed by atoms with Crippen LogP contribution in [0.2, 0.25) is 0 Å². The van der Waals surface area contributed by atoms with E-state index in [2.05, 4.69) is 29.5 Å². The molecule has 4 nitrogen and oxygen atoms in total. The van der Waals surface area contributed by atoms with Gasteiger partial charge in [-0.25, -0.2) is 4.98 Å². The summed E-state index contributed by atoms with van der Waals surface area (Å²) in [5.74, 6) is 0.737. The highest BCUT2D eigenvalue weighted by Gasteiger charge is 2.12. The normalized spacial score (nSPS) is 10.5. The minimum atomic E-state index is -0.0200. The fraction of sp³-hybridized carbons (Fsp3) is 0.571. The molecule has 0 saturated carbocycles. The van der Waals surface area contributed by atoms with Crippen molar-refractivity contribution in [2.75, 3.05) is 11.9 Å². The van der Waals surface area contributed by atoms with Crippen LogP contribution in [0.4, 0.5) is 5.82 Å². The molecule has 1 aromatic rings. The minimum Gasteiger partial charge on any atom is -0.370 e. The van der Waals surface area contributed by atoms with Gasteiger partial charge in [-0.05, 0) is 38.8 Å². The van der Waals surface area contributed by atoms with E-state index in [1.54, 1.807) is 6.07 Å². The fourth-order valence-electron chi connectivity index (χ4n) is 1.83. The van der Waals surface area contributed by atoms with Gasteiger partial charge in [0, 0.05) is 23.8 Å². The number of nitrogens with zero attached hydrogens (tertiary/aromatic N) is 1. The SMILES string of the molecule is CCNc1cc(C(=O)NC(CC)CC)cc(C)n1. The average Bonchev–Trinajstić information content (AvgIpc) is 2.35. The lowest BCUT2D eigenvalue weighted by Gasteiger charge is -2.15. The molecule has 1 aromatic heterocycles. The lowest BCUT2D eigenvalue weighted by atomic mass is 10.1. The van der Waals surface area contributed by atoms with Gasteiger partial charge in [-0.15, -0.1) is 0 Å². The Labute approximate surface area is 109 Å². The molecule has 0 atom stereocenters. The predicted molar refractivity (Wildman–Crippen MR) is 75.0 cm³/mol. The maximum absolute atomic E-state index is 12.1. The molecule has 1 heterocycles. The Morgan fingerprint density at radius 2 is 1.94 bits per heavy atom. The van der Waals surface area contributed by atoms with Crippen molar-refractivity contribution in [3.63, 3.8) is 0 Å². The number of anilines is 1. The number of nitrogens with one attached hydrogen (secondary N) is 2. The first-order chi connectivity index (χ1) is 8.60. The highest BCUT2D eigenvalue weighted by molar-refractivity contribution is 5.95. The second-order valence-electron chi connectivity index (χ2n) is 4.40. The van der Waals surface area contributed by atoms with Gasteiger partial charge in [0.2, 0.25) is 0 Å². The molecule has 0 fully saturated rings. The van der Waals surface area contributed by atoms with Crippen molar-refractivity contribution >= 4 is 11.7 Å². The molecule has 1 amide bonds. The summed E-state index contributed by atoms with van der Waals surface area (Å²) in [6, 6.07) is 3.86. The molecule has 0 aromatic carbocycles. The van der Waals surface area contributed by atoms with Crippen LogP contribution < -0.4 is 10.6 Å². The van der Waals surface area contributed by atoms with E-state index in [-0.39, 0.29) is 11.9 Å². The van der Waals surface area contributed by atoms with Crippen LogP contribution >= 0.6 is 0 Å². The molecular formula is C14H23N3O. The van der Waals surface area contributed by atoms with Gasteiger partial charge >= 0.3 is 0 Å². The number of amides is 1. The zero-order chi connectivity index (χ0) is 13.5. The summed E-state index contributed by atoms with van der Waals surface area (Å²) in [7, 11) is 0. The molecule has 1 rings (SSSR count). The lowest BCUT2D eigenvalue weighted by Crippen LogP contribution is -2.33. The van der Waals surface area contributed by atoms with Gasteiger partial charge in [0.25, 0.3) is 5.91 Å². The Morgan fingerprint density at radius 3 is 2.50 bits per heavy atom. The van der Waals surface area contributed by atoms with Gasteiger partial charge in [-0.1, -0.05) is 13.8 Å². The molecule has 0 unspecified atom stereocenters. The summed E-state index contributed by atoms with van der Waals surface area (Å²) in [6.07, 6.45) is 1.90.